The van der Waals surface area contributed by atoms with Crippen LogP contribution in [0.2, 0.25) is 5.15 Å². The molecule has 1 aromatic heterocycles. The normalized spacial score (nSPS) is 11.5. The molecule has 2 aromatic rings. The number of Topliss-reactive ketones (excluding diaryl/α,β-unsaturated/α-hetero) is 1. The molecule has 0 aliphatic heterocycles. The van der Waals surface area contributed by atoms with Gasteiger partial charge in [0.2, 0.25) is 5.03 Å². The molecule has 22 heavy (non-hydrogen) atoms. The fourth-order valence-electron chi connectivity index (χ4n) is 2.25. The number of carbonyl (C=O) groups excluding carboxylic acids is 1. The summed E-state index contributed by atoms with van der Waals surface area (Å²) in [6.45, 7) is 4.90. The van der Waals surface area contributed by atoms with Crippen molar-refractivity contribution >= 4 is 27.5 Å². The van der Waals surface area contributed by atoms with Gasteiger partial charge in [-0.2, -0.15) is 8.42 Å². The van der Waals surface area contributed by atoms with Gasteiger partial charge in [0, 0.05) is 12.6 Å². The molecular weight excluding hydrogens is 328 g/mol. The zero-order valence-corrected chi connectivity index (χ0v) is 14.1. The highest BCUT2D eigenvalue weighted by molar-refractivity contribution is 7.87. The molecule has 0 bridgehead atoms. The van der Waals surface area contributed by atoms with Gasteiger partial charge in [-0.15, -0.1) is 0 Å². The SMILES string of the molecule is CC(=O)c1c(C)cc(OS(=O)(=O)c2ncn(C)c2Cl)cc1C. The Labute approximate surface area is 133 Å². The molecule has 0 unspecified atom stereocenters. The van der Waals surface area contributed by atoms with Crippen LogP contribution in [-0.4, -0.2) is 23.8 Å². The van der Waals surface area contributed by atoms with E-state index in [1.165, 1.54) is 30.0 Å². The van der Waals surface area contributed by atoms with Gasteiger partial charge in [0.1, 0.15) is 5.75 Å². The Kier molecular flexibility index (Phi) is 4.30. The smallest absolute Gasteiger partial charge is 0.360 e. The monoisotopic (exact) mass is 342 g/mol. The van der Waals surface area contributed by atoms with Gasteiger partial charge in [0.05, 0.1) is 6.33 Å². The van der Waals surface area contributed by atoms with E-state index >= 15 is 0 Å². The standard InChI is InChI=1S/C14H15ClN2O4S/c1-8-5-11(6-9(2)12(8)10(3)18)21-22(19,20)14-13(15)17(4)7-16-14/h5-7H,1-4H3. The van der Waals surface area contributed by atoms with Gasteiger partial charge in [-0.05, 0) is 44.0 Å². The molecule has 1 heterocycles. The van der Waals surface area contributed by atoms with E-state index in [1.807, 2.05) is 0 Å². The highest BCUT2D eigenvalue weighted by Gasteiger charge is 2.25. The Balaban J connectivity index is 2.43. The molecule has 0 aliphatic carbocycles. The summed E-state index contributed by atoms with van der Waals surface area (Å²) in [5.74, 6) is 0.0268. The Hall–Kier alpha value is -1.86. The lowest BCUT2D eigenvalue weighted by molar-refractivity contribution is 0.101. The molecule has 0 amide bonds. The maximum atomic E-state index is 12.2. The number of rotatable bonds is 4. The Morgan fingerprint density at radius 1 is 1.27 bits per heavy atom. The number of hydrogen-bond donors (Lipinski definition) is 0. The Bertz CT molecular complexity index is 833. The minimum absolute atomic E-state index is 0.0335. The van der Waals surface area contributed by atoms with Crippen molar-refractivity contribution in [3.05, 3.63) is 40.3 Å². The molecule has 1 aromatic carbocycles. The highest BCUT2D eigenvalue weighted by Crippen LogP contribution is 2.27. The molecule has 2 rings (SSSR count). The average Bonchev–Trinajstić information content (AvgIpc) is 2.68. The molecule has 0 saturated heterocycles. The van der Waals surface area contributed by atoms with E-state index in [1.54, 1.807) is 20.9 Å². The molecule has 0 N–H and O–H groups in total. The first kappa shape index (κ1) is 16.5. The highest BCUT2D eigenvalue weighted by atomic mass is 35.5. The number of aromatic nitrogens is 2. The van der Waals surface area contributed by atoms with Crippen molar-refractivity contribution in [3.8, 4) is 5.75 Å². The van der Waals surface area contributed by atoms with Crippen molar-refractivity contribution in [2.75, 3.05) is 0 Å². The summed E-state index contributed by atoms with van der Waals surface area (Å²) in [4.78, 5) is 15.3. The fourth-order valence-corrected chi connectivity index (χ4v) is 3.59. The topological polar surface area (TPSA) is 78.3 Å². The van der Waals surface area contributed by atoms with Crippen LogP contribution in [0.4, 0.5) is 0 Å². The van der Waals surface area contributed by atoms with Gasteiger partial charge < -0.3 is 8.75 Å². The lowest BCUT2D eigenvalue weighted by atomic mass is 9.99. The van der Waals surface area contributed by atoms with E-state index in [0.717, 1.165) is 0 Å². The van der Waals surface area contributed by atoms with Gasteiger partial charge in [-0.3, -0.25) is 4.79 Å². The summed E-state index contributed by atoms with van der Waals surface area (Å²) in [7, 11) is -2.56. The minimum Gasteiger partial charge on any atom is -0.378 e. The van der Waals surface area contributed by atoms with E-state index in [-0.39, 0.29) is 21.7 Å². The van der Waals surface area contributed by atoms with Crippen molar-refractivity contribution in [3.63, 3.8) is 0 Å². The number of aryl methyl sites for hydroxylation is 3. The van der Waals surface area contributed by atoms with Crippen molar-refractivity contribution < 1.29 is 17.4 Å². The average molecular weight is 343 g/mol. The second-order valence-electron chi connectivity index (χ2n) is 4.98. The zero-order chi connectivity index (χ0) is 16.7. The zero-order valence-electron chi connectivity index (χ0n) is 12.5. The van der Waals surface area contributed by atoms with Gasteiger partial charge in [-0.1, -0.05) is 11.6 Å². The number of halogens is 1. The molecule has 118 valence electrons. The third-order valence-corrected chi connectivity index (χ3v) is 4.88. The number of nitrogens with zero attached hydrogens (tertiary/aromatic N) is 2. The van der Waals surface area contributed by atoms with E-state index in [0.29, 0.717) is 16.7 Å². The lowest BCUT2D eigenvalue weighted by Crippen LogP contribution is -2.12. The van der Waals surface area contributed by atoms with Crippen LogP contribution >= 0.6 is 11.6 Å². The predicted octanol–water partition coefficient (Wildman–Crippen LogP) is 2.66. The van der Waals surface area contributed by atoms with E-state index in [2.05, 4.69) is 4.98 Å². The maximum Gasteiger partial charge on any atom is 0.360 e. The van der Waals surface area contributed by atoms with Gasteiger partial charge in [-0.25, -0.2) is 4.98 Å². The van der Waals surface area contributed by atoms with E-state index < -0.39 is 10.1 Å². The molecule has 6 nitrogen and oxygen atoms in total. The Morgan fingerprint density at radius 2 is 1.82 bits per heavy atom. The predicted molar refractivity (Wildman–Crippen MR) is 82.0 cm³/mol. The van der Waals surface area contributed by atoms with Crippen molar-refractivity contribution in [2.24, 2.45) is 7.05 Å². The first-order valence-electron chi connectivity index (χ1n) is 6.37. The Morgan fingerprint density at radius 3 is 2.23 bits per heavy atom. The molecule has 0 saturated carbocycles. The van der Waals surface area contributed by atoms with Crippen LogP contribution in [0.5, 0.6) is 5.75 Å². The second-order valence-corrected chi connectivity index (χ2v) is 6.80. The molecule has 0 radical (unpaired) electrons. The fraction of sp³-hybridized carbons (Fsp3) is 0.286. The van der Waals surface area contributed by atoms with Crippen LogP contribution in [0.15, 0.2) is 23.5 Å². The third-order valence-electron chi connectivity index (χ3n) is 3.14. The van der Waals surface area contributed by atoms with Gasteiger partial charge in [0.25, 0.3) is 0 Å². The largest absolute Gasteiger partial charge is 0.378 e. The minimum atomic E-state index is -4.14. The lowest BCUT2D eigenvalue weighted by Gasteiger charge is -2.11. The number of ketones is 1. The summed E-state index contributed by atoms with van der Waals surface area (Å²) >= 11 is 5.89. The van der Waals surface area contributed by atoms with Crippen molar-refractivity contribution in [1.29, 1.82) is 0 Å². The number of carbonyl (C=O) groups is 1. The van der Waals surface area contributed by atoms with Crippen LogP contribution in [0.1, 0.15) is 28.4 Å². The summed E-state index contributed by atoms with van der Waals surface area (Å²) in [6.07, 6.45) is 1.29. The number of hydrogen-bond acceptors (Lipinski definition) is 5. The summed E-state index contributed by atoms with van der Waals surface area (Å²) in [5.41, 5.74) is 1.84. The molecule has 0 spiro atoms. The summed E-state index contributed by atoms with van der Waals surface area (Å²) in [6, 6.07) is 3.00. The van der Waals surface area contributed by atoms with Crippen LogP contribution in [0.3, 0.4) is 0 Å². The first-order valence-corrected chi connectivity index (χ1v) is 8.15. The molecule has 0 aliphatic rings. The quantitative estimate of drug-likeness (QED) is 0.630. The van der Waals surface area contributed by atoms with Crippen molar-refractivity contribution in [1.82, 2.24) is 9.55 Å². The van der Waals surface area contributed by atoms with Gasteiger partial charge in [0.15, 0.2) is 10.9 Å². The maximum absolute atomic E-state index is 12.2. The van der Waals surface area contributed by atoms with Crippen LogP contribution in [0, 0.1) is 13.8 Å². The van der Waals surface area contributed by atoms with Crippen LogP contribution in [0.25, 0.3) is 0 Å². The number of imidazole rings is 1. The van der Waals surface area contributed by atoms with E-state index in [9.17, 15) is 13.2 Å². The molecular formula is C14H15ClN2O4S. The van der Waals surface area contributed by atoms with Crippen molar-refractivity contribution in [2.45, 2.75) is 25.8 Å². The second kappa shape index (κ2) is 5.73. The van der Waals surface area contributed by atoms with Crippen LogP contribution in [-0.2, 0) is 17.2 Å². The van der Waals surface area contributed by atoms with Gasteiger partial charge >= 0.3 is 10.1 Å². The summed E-state index contributed by atoms with van der Waals surface area (Å²) in [5, 5.41) is -0.378. The molecule has 8 heteroatoms. The van der Waals surface area contributed by atoms with E-state index in [4.69, 9.17) is 15.8 Å². The first-order chi connectivity index (χ1) is 10.1. The van der Waals surface area contributed by atoms with Crippen LogP contribution < -0.4 is 4.18 Å². The molecule has 0 atom stereocenters. The summed E-state index contributed by atoms with van der Waals surface area (Å²) < 4.78 is 30.9. The number of benzene rings is 1. The third kappa shape index (κ3) is 3.00. The molecule has 0 fully saturated rings.